The molecule has 0 aromatic heterocycles. The van der Waals surface area contributed by atoms with E-state index in [-0.39, 0.29) is 23.0 Å². The van der Waals surface area contributed by atoms with E-state index in [0.717, 1.165) is 32.5 Å². The topological polar surface area (TPSA) is 87.7 Å². The highest BCUT2D eigenvalue weighted by Gasteiger charge is 2.25. The molecule has 3 rings (SSSR count). The molecule has 1 aliphatic carbocycles. The number of nitrogens with zero attached hydrogens (tertiary/aromatic N) is 1. The molecule has 2 unspecified atom stereocenters. The van der Waals surface area contributed by atoms with Crippen molar-refractivity contribution >= 4 is 15.9 Å². The lowest BCUT2D eigenvalue weighted by Gasteiger charge is -2.35. The molecule has 1 aromatic rings. The molecule has 2 N–H and O–H groups in total. The van der Waals surface area contributed by atoms with Crippen LogP contribution in [0.2, 0.25) is 0 Å². The smallest absolute Gasteiger partial charge is 0.251 e. The molecule has 2 aliphatic rings. The number of carbonyl (C=O) groups is 1. The summed E-state index contributed by atoms with van der Waals surface area (Å²) in [5, 5.41) is 2.88. The summed E-state index contributed by atoms with van der Waals surface area (Å²) in [7, 11) is -3.57. The monoisotopic (exact) mass is 395 g/mol. The van der Waals surface area contributed by atoms with E-state index < -0.39 is 10.0 Å². The molecule has 7 nitrogen and oxygen atoms in total. The number of carbonyl (C=O) groups excluding carboxylic acids is 1. The quantitative estimate of drug-likeness (QED) is 0.691. The van der Waals surface area contributed by atoms with Crippen molar-refractivity contribution in [3.63, 3.8) is 0 Å². The molecule has 27 heavy (non-hydrogen) atoms. The third kappa shape index (κ3) is 6.00. The van der Waals surface area contributed by atoms with Crippen LogP contribution in [0.4, 0.5) is 0 Å². The average Bonchev–Trinajstić information content (AvgIpc) is 3.44. The first-order valence-corrected chi connectivity index (χ1v) is 11.1. The Morgan fingerprint density at radius 3 is 2.59 bits per heavy atom. The zero-order chi connectivity index (χ0) is 19.4. The zero-order valence-corrected chi connectivity index (χ0v) is 16.8. The summed E-state index contributed by atoms with van der Waals surface area (Å²) in [6, 6.07) is 6.19. The SMILES string of the molecule is CC1CN(CCNC(=O)c2cccc(S(=O)(=O)NCC3CC3)c2)CC(C)O1. The second kappa shape index (κ2) is 8.68. The molecule has 1 heterocycles. The number of benzene rings is 1. The Kier molecular flexibility index (Phi) is 6.52. The molecule has 1 aromatic carbocycles. The van der Waals surface area contributed by atoms with Gasteiger partial charge in [-0.25, -0.2) is 13.1 Å². The molecule has 150 valence electrons. The molecule has 8 heteroatoms. The van der Waals surface area contributed by atoms with Crippen LogP contribution in [0.25, 0.3) is 0 Å². The van der Waals surface area contributed by atoms with Gasteiger partial charge in [0, 0.05) is 38.3 Å². The van der Waals surface area contributed by atoms with Crippen LogP contribution in [-0.4, -0.2) is 64.2 Å². The van der Waals surface area contributed by atoms with Crippen molar-refractivity contribution < 1.29 is 17.9 Å². The predicted molar refractivity (Wildman–Crippen MR) is 103 cm³/mol. The van der Waals surface area contributed by atoms with Crippen LogP contribution >= 0.6 is 0 Å². The summed E-state index contributed by atoms with van der Waals surface area (Å²) in [6.07, 6.45) is 2.53. The van der Waals surface area contributed by atoms with Crippen molar-refractivity contribution in [1.29, 1.82) is 0 Å². The summed E-state index contributed by atoms with van der Waals surface area (Å²) in [4.78, 5) is 14.8. The van der Waals surface area contributed by atoms with Crippen LogP contribution < -0.4 is 10.0 Å². The molecular weight excluding hydrogens is 366 g/mol. The van der Waals surface area contributed by atoms with Crippen LogP contribution in [-0.2, 0) is 14.8 Å². The van der Waals surface area contributed by atoms with Gasteiger partial charge in [0.1, 0.15) is 0 Å². The Hall–Kier alpha value is -1.48. The minimum absolute atomic E-state index is 0.131. The van der Waals surface area contributed by atoms with E-state index in [0.29, 0.717) is 24.6 Å². The number of ether oxygens (including phenoxy) is 1. The minimum Gasteiger partial charge on any atom is -0.373 e. The van der Waals surface area contributed by atoms with E-state index in [1.165, 1.54) is 12.1 Å². The van der Waals surface area contributed by atoms with Crippen molar-refractivity contribution in [3.8, 4) is 0 Å². The van der Waals surface area contributed by atoms with Gasteiger partial charge in [-0.2, -0.15) is 0 Å². The Bertz CT molecular complexity index is 754. The van der Waals surface area contributed by atoms with Gasteiger partial charge in [-0.3, -0.25) is 9.69 Å². The number of hydrogen-bond donors (Lipinski definition) is 2. The lowest BCUT2D eigenvalue weighted by molar-refractivity contribution is -0.0672. The second-order valence-electron chi connectivity index (χ2n) is 7.60. The molecule has 0 spiro atoms. The number of hydrogen-bond acceptors (Lipinski definition) is 5. The van der Waals surface area contributed by atoms with Crippen LogP contribution in [0, 0.1) is 5.92 Å². The highest BCUT2D eigenvalue weighted by Crippen LogP contribution is 2.28. The van der Waals surface area contributed by atoms with E-state index in [4.69, 9.17) is 4.74 Å². The lowest BCUT2D eigenvalue weighted by atomic mass is 10.2. The van der Waals surface area contributed by atoms with E-state index >= 15 is 0 Å². The zero-order valence-electron chi connectivity index (χ0n) is 16.0. The average molecular weight is 396 g/mol. The van der Waals surface area contributed by atoms with Crippen molar-refractivity contribution in [2.75, 3.05) is 32.7 Å². The molecule has 1 aliphatic heterocycles. The Balaban J connectivity index is 1.52. The van der Waals surface area contributed by atoms with Gasteiger partial charge in [-0.05, 0) is 50.8 Å². The maximum absolute atomic E-state index is 12.4. The van der Waals surface area contributed by atoms with Crippen LogP contribution in [0.3, 0.4) is 0 Å². The largest absolute Gasteiger partial charge is 0.373 e. The van der Waals surface area contributed by atoms with Crippen LogP contribution in [0.15, 0.2) is 29.2 Å². The first-order valence-electron chi connectivity index (χ1n) is 9.59. The first-order chi connectivity index (χ1) is 12.8. The summed E-state index contributed by atoms with van der Waals surface area (Å²) in [5.74, 6) is 0.195. The minimum atomic E-state index is -3.57. The molecule has 2 atom stereocenters. The highest BCUT2D eigenvalue weighted by molar-refractivity contribution is 7.89. The van der Waals surface area contributed by atoms with Gasteiger partial charge < -0.3 is 10.1 Å². The number of rotatable bonds is 8. The molecular formula is C19H29N3O4S. The second-order valence-corrected chi connectivity index (χ2v) is 9.36. The molecule has 1 saturated heterocycles. The van der Waals surface area contributed by atoms with Gasteiger partial charge in [-0.1, -0.05) is 6.07 Å². The van der Waals surface area contributed by atoms with Gasteiger partial charge >= 0.3 is 0 Å². The summed E-state index contributed by atoms with van der Waals surface area (Å²) < 4.78 is 33.0. The fourth-order valence-electron chi connectivity index (χ4n) is 3.33. The van der Waals surface area contributed by atoms with Gasteiger partial charge in [0.15, 0.2) is 0 Å². The van der Waals surface area contributed by atoms with E-state index in [9.17, 15) is 13.2 Å². The number of sulfonamides is 1. The lowest BCUT2D eigenvalue weighted by Crippen LogP contribution is -2.47. The third-order valence-corrected chi connectivity index (χ3v) is 6.30. The normalized spacial score (nSPS) is 23.9. The Labute approximate surface area is 161 Å². The maximum Gasteiger partial charge on any atom is 0.251 e. The predicted octanol–water partition coefficient (Wildman–Crippen LogP) is 1.21. The molecule has 1 amide bonds. The summed E-state index contributed by atoms with van der Waals surface area (Å²) in [5.41, 5.74) is 0.355. The fourth-order valence-corrected chi connectivity index (χ4v) is 4.50. The number of morpholine rings is 1. The Morgan fingerprint density at radius 2 is 1.93 bits per heavy atom. The van der Waals surface area contributed by atoms with E-state index in [2.05, 4.69) is 14.9 Å². The first kappa shape index (κ1) is 20.3. The van der Waals surface area contributed by atoms with E-state index in [1.807, 2.05) is 13.8 Å². The standard InChI is InChI=1S/C19H29N3O4S/c1-14-12-22(13-15(2)26-14)9-8-20-19(23)17-4-3-5-18(10-17)27(24,25)21-11-16-6-7-16/h3-5,10,14-16,21H,6-9,11-13H2,1-2H3,(H,20,23). The molecule has 0 radical (unpaired) electrons. The van der Waals surface area contributed by atoms with Crippen molar-refractivity contribution in [2.45, 2.75) is 43.8 Å². The summed E-state index contributed by atoms with van der Waals surface area (Å²) >= 11 is 0. The van der Waals surface area contributed by atoms with E-state index in [1.54, 1.807) is 12.1 Å². The molecule has 2 fully saturated rings. The van der Waals surface area contributed by atoms with Gasteiger partial charge in [0.2, 0.25) is 10.0 Å². The van der Waals surface area contributed by atoms with Gasteiger partial charge in [-0.15, -0.1) is 0 Å². The van der Waals surface area contributed by atoms with Gasteiger partial charge in [0.25, 0.3) is 5.91 Å². The summed E-state index contributed by atoms with van der Waals surface area (Å²) in [6.45, 7) is 7.51. The maximum atomic E-state index is 12.4. The van der Waals surface area contributed by atoms with Gasteiger partial charge in [0.05, 0.1) is 17.1 Å². The van der Waals surface area contributed by atoms with Crippen molar-refractivity contribution in [1.82, 2.24) is 14.9 Å². The highest BCUT2D eigenvalue weighted by atomic mass is 32.2. The van der Waals surface area contributed by atoms with Crippen LogP contribution in [0.1, 0.15) is 37.0 Å². The third-order valence-electron chi connectivity index (χ3n) is 4.87. The molecule has 1 saturated carbocycles. The van der Waals surface area contributed by atoms with Crippen LogP contribution in [0.5, 0.6) is 0 Å². The van der Waals surface area contributed by atoms with Crippen molar-refractivity contribution in [3.05, 3.63) is 29.8 Å². The number of nitrogens with one attached hydrogen (secondary N) is 2. The molecule has 0 bridgehead atoms. The fraction of sp³-hybridized carbons (Fsp3) is 0.632. The van der Waals surface area contributed by atoms with Crippen molar-refractivity contribution in [2.24, 2.45) is 5.92 Å². The Morgan fingerprint density at radius 1 is 1.22 bits per heavy atom. The number of amides is 1.